The Morgan fingerprint density at radius 3 is 2.71 bits per heavy atom. The van der Waals surface area contributed by atoms with Crippen molar-refractivity contribution in [2.45, 2.75) is 32.0 Å². The van der Waals surface area contributed by atoms with Crippen LogP contribution in [-0.4, -0.2) is 33.8 Å². The van der Waals surface area contributed by atoms with Gasteiger partial charge in [0.05, 0.1) is 0 Å². The highest BCUT2D eigenvalue weighted by Crippen LogP contribution is 2.36. The fraction of sp³-hybridized carbons (Fsp3) is 0.357. The van der Waals surface area contributed by atoms with Crippen molar-refractivity contribution in [2.75, 3.05) is 0 Å². The molecule has 2 aliphatic rings. The van der Waals surface area contributed by atoms with Crippen LogP contribution in [0.1, 0.15) is 40.6 Å². The molecule has 3 amide bonds. The maximum absolute atomic E-state index is 13.6. The highest BCUT2D eigenvalue weighted by Gasteiger charge is 2.44. The molecule has 1 saturated heterocycles. The van der Waals surface area contributed by atoms with E-state index in [4.69, 9.17) is 0 Å². The van der Waals surface area contributed by atoms with Gasteiger partial charge in [0.15, 0.2) is 6.23 Å². The molecular weight excluding hydrogens is 279 g/mol. The number of nitrogens with one attached hydrogen (secondary N) is 1. The first kappa shape index (κ1) is 13.7. The van der Waals surface area contributed by atoms with E-state index >= 15 is 0 Å². The van der Waals surface area contributed by atoms with E-state index in [9.17, 15) is 23.9 Å². The van der Waals surface area contributed by atoms with Gasteiger partial charge in [0.2, 0.25) is 11.8 Å². The Bertz CT molecular complexity index is 673. The third kappa shape index (κ3) is 2.01. The third-order valence-corrected chi connectivity index (χ3v) is 3.88. The van der Waals surface area contributed by atoms with Gasteiger partial charge < -0.3 is 5.11 Å². The van der Waals surface area contributed by atoms with Gasteiger partial charge >= 0.3 is 0 Å². The van der Waals surface area contributed by atoms with Gasteiger partial charge in [0.25, 0.3) is 5.91 Å². The first-order valence-electron chi connectivity index (χ1n) is 6.54. The Morgan fingerprint density at radius 1 is 1.33 bits per heavy atom. The van der Waals surface area contributed by atoms with Crippen molar-refractivity contribution < 1.29 is 23.9 Å². The van der Waals surface area contributed by atoms with Crippen LogP contribution in [0.5, 0.6) is 0 Å². The van der Waals surface area contributed by atoms with Crippen LogP contribution in [0.15, 0.2) is 12.1 Å². The molecule has 0 aliphatic carbocycles. The molecular formula is C14H13FN2O4. The lowest BCUT2D eigenvalue weighted by Crippen LogP contribution is -2.53. The van der Waals surface area contributed by atoms with Gasteiger partial charge in [-0.05, 0) is 31.0 Å². The molecule has 0 radical (unpaired) electrons. The number of hydrogen-bond donors (Lipinski definition) is 2. The molecule has 21 heavy (non-hydrogen) atoms. The van der Waals surface area contributed by atoms with Crippen LogP contribution in [0.2, 0.25) is 0 Å². The summed E-state index contributed by atoms with van der Waals surface area (Å²) >= 11 is 0. The van der Waals surface area contributed by atoms with Gasteiger partial charge in [-0.2, -0.15) is 0 Å². The monoisotopic (exact) mass is 292 g/mol. The largest absolute Gasteiger partial charge is 0.369 e. The molecule has 2 aliphatic heterocycles. The standard InChI is InChI=1S/C14H13FN2O4/c1-6-4-7-8(5-9(6)15)14(21)17(13(7)20)10-2-3-11(18)16-12(10)19/h4-5,10,14,21H,2-3H2,1H3,(H,16,18,19). The number of amides is 3. The number of halogens is 1. The first-order valence-corrected chi connectivity index (χ1v) is 6.54. The molecule has 0 bridgehead atoms. The van der Waals surface area contributed by atoms with E-state index in [1.54, 1.807) is 0 Å². The molecule has 0 spiro atoms. The number of fused-ring (bicyclic) bond motifs is 1. The van der Waals surface area contributed by atoms with Crippen LogP contribution in [0.4, 0.5) is 4.39 Å². The summed E-state index contributed by atoms with van der Waals surface area (Å²) in [5.74, 6) is -2.08. The zero-order valence-electron chi connectivity index (χ0n) is 11.2. The van der Waals surface area contributed by atoms with Crippen molar-refractivity contribution in [3.8, 4) is 0 Å². The second kappa shape index (κ2) is 4.63. The summed E-state index contributed by atoms with van der Waals surface area (Å²) in [5.41, 5.74) is 0.623. The summed E-state index contributed by atoms with van der Waals surface area (Å²) in [7, 11) is 0. The van der Waals surface area contributed by atoms with Crippen LogP contribution in [0, 0.1) is 12.7 Å². The van der Waals surface area contributed by atoms with E-state index in [0.717, 1.165) is 11.0 Å². The first-order chi connectivity index (χ1) is 9.90. The van der Waals surface area contributed by atoms with Gasteiger partial charge in [0, 0.05) is 17.5 Å². The van der Waals surface area contributed by atoms with Gasteiger partial charge in [-0.15, -0.1) is 0 Å². The predicted molar refractivity (Wildman–Crippen MR) is 68.4 cm³/mol. The number of nitrogens with zero attached hydrogens (tertiary/aromatic N) is 1. The Morgan fingerprint density at radius 2 is 2.05 bits per heavy atom. The van der Waals surface area contributed by atoms with E-state index < -0.39 is 35.8 Å². The molecule has 0 aromatic heterocycles. The Hall–Kier alpha value is -2.28. The number of hydrogen-bond acceptors (Lipinski definition) is 4. The lowest BCUT2D eigenvalue weighted by atomic mass is 10.0. The number of piperidine rings is 1. The third-order valence-electron chi connectivity index (χ3n) is 3.88. The van der Waals surface area contributed by atoms with Crippen molar-refractivity contribution in [1.82, 2.24) is 10.2 Å². The Kier molecular flexibility index (Phi) is 3.02. The van der Waals surface area contributed by atoms with E-state index in [1.165, 1.54) is 13.0 Å². The minimum atomic E-state index is -1.38. The highest BCUT2D eigenvalue weighted by molar-refractivity contribution is 6.05. The molecule has 1 aromatic rings. The van der Waals surface area contributed by atoms with Crippen molar-refractivity contribution >= 4 is 17.7 Å². The maximum atomic E-state index is 13.6. The molecule has 7 heteroatoms. The lowest BCUT2D eigenvalue weighted by molar-refractivity contribution is -0.139. The average Bonchev–Trinajstić information content (AvgIpc) is 2.64. The molecule has 0 saturated carbocycles. The smallest absolute Gasteiger partial charge is 0.257 e. The number of benzene rings is 1. The molecule has 1 fully saturated rings. The minimum absolute atomic E-state index is 0.0939. The SMILES string of the molecule is Cc1cc2c(cc1F)C(O)N(C1CCC(=O)NC1=O)C2=O. The second-order valence-electron chi connectivity index (χ2n) is 5.24. The number of aryl methyl sites for hydroxylation is 1. The number of carbonyl (C=O) groups is 3. The highest BCUT2D eigenvalue weighted by atomic mass is 19.1. The fourth-order valence-electron chi connectivity index (χ4n) is 2.76. The molecule has 110 valence electrons. The molecule has 2 unspecified atom stereocenters. The molecule has 2 N–H and O–H groups in total. The summed E-state index contributed by atoms with van der Waals surface area (Å²) in [6.45, 7) is 1.52. The average molecular weight is 292 g/mol. The van der Waals surface area contributed by atoms with E-state index in [0.29, 0.717) is 5.56 Å². The van der Waals surface area contributed by atoms with Crippen LogP contribution in [0.3, 0.4) is 0 Å². The van der Waals surface area contributed by atoms with E-state index in [1.807, 2.05) is 0 Å². The number of aliphatic hydroxyl groups excluding tert-OH is 1. The maximum Gasteiger partial charge on any atom is 0.257 e. The van der Waals surface area contributed by atoms with Crippen molar-refractivity contribution in [2.24, 2.45) is 0 Å². The molecule has 2 atom stereocenters. The zero-order chi connectivity index (χ0) is 15.3. The quantitative estimate of drug-likeness (QED) is 0.733. The molecule has 2 heterocycles. The van der Waals surface area contributed by atoms with Crippen LogP contribution >= 0.6 is 0 Å². The number of imide groups is 1. The number of aliphatic hydroxyl groups is 1. The summed E-state index contributed by atoms with van der Waals surface area (Å²) in [6.07, 6.45) is -1.15. The number of carbonyl (C=O) groups excluding carboxylic acids is 3. The van der Waals surface area contributed by atoms with Crippen molar-refractivity contribution in [3.05, 3.63) is 34.6 Å². The summed E-state index contributed by atoms with van der Waals surface area (Å²) in [4.78, 5) is 36.4. The Labute approximate surface area is 119 Å². The van der Waals surface area contributed by atoms with Crippen LogP contribution in [-0.2, 0) is 9.59 Å². The Balaban J connectivity index is 1.98. The van der Waals surface area contributed by atoms with Crippen molar-refractivity contribution in [1.29, 1.82) is 0 Å². The van der Waals surface area contributed by atoms with Gasteiger partial charge in [-0.3, -0.25) is 24.6 Å². The number of rotatable bonds is 1. The summed E-state index contributed by atoms with van der Waals surface area (Å²) in [5, 5.41) is 12.4. The fourth-order valence-corrected chi connectivity index (χ4v) is 2.76. The predicted octanol–water partition coefficient (Wildman–Crippen LogP) is 0.386. The zero-order valence-corrected chi connectivity index (χ0v) is 11.2. The summed E-state index contributed by atoms with van der Waals surface area (Å²) < 4.78 is 13.6. The molecule has 1 aromatic carbocycles. The minimum Gasteiger partial charge on any atom is -0.369 e. The lowest BCUT2D eigenvalue weighted by Gasteiger charge is -2.31. The summed E-state index contributed by atoms with van der Waals surface area (Å²) in [6, 6.07) is 1.54. The molecule has 6 nitrogen and oxygen atoms in total. The van der Waals surface area contributed by atoms with Crippen LogP contribution < -0.4 is 5.32 Å². The second-order valence-corrected chi connectivity index (χ2v) is 5.24. The van der Waals surface area contributed by atoms with Gasteiger partial charge in [0.1, 0.15) is 11.9 Å². The van der Waals surface area contributed by atoms with Crippen LogP contribution in [0.25, 0.3) is 0 Å². The topological polar surface area (TPSA) is 86.7 Å². The van der Waals surface area contributed by atoms with Crippen molar-refractivity contribution in [3.63, 3.8) is 0 Å². The van der Waals surface area contributed by atoms with Gasteiger partial charge in [-0.25, -0.2) is 4.39 Å². The molecule has 3 rings (SSSR count). The van der Waals surface area contributed by atoms with Gasteiger partial charge in [-0.1, -0.05) is 0 Å². The van der Waals surface area contributed by atoms with E-state index in [2.05, 4.69) is 5.32 Å². The normalized spacial score (nSPS) is 25.1. The van der Waals surface area contributed by atoms with E-state index in [-0.39, 0.29) is 24.0 Å².